The highest BCUT2D eigenvalue weighted by Crippen LogP contribution is 2.37. The van der Waals surface area contributed by atoms with Gasteiger partial charge < -0.3 is 15.8 Å². The topological polar surface area (TPSA) is 79.1 Å². The van der Waals surface area contributed by atoms with E-state index in [-0.39, 0.29) is 11.7 Å². The molecule has 0 aliphatic heterocycles. The fraction of sp³-hybridized carbons (Fsp3) is 0.211. The van der Waals surface area contributed by atoms with Crippen LogP contribution in [0.3, 0.4) is 0 Å². The summed E-state index contributed by atoms with van der Waals surface area (Å²) in [7, 11) is 0. The van der Waals surface area contributed by atoms with E-state index in [0.717, 1.165) is 33.3 Å². The number of halogens is 1. The first-order chi connectivity index (χ1) is 11.9. The maximum Gasteiger partial charge on any atom is 0.352 e. The number of rotatable bonds is 5. The first-order valence-corrected chi connectivity index (χ1v) is 9.62. The van der Waals surface area contributed by atoms with E-state index >= 15 is 0 Å². The number of hydrogen-bond acceptors (Lipinski definition) is 3. The molecule has 0 aliphatic rings. The largest absolute Gasteiger partial charge is 0.477 e. The van der Waals surface area contributed by atoms with Gasteiger partial charge in [0.25, 0.3) is 0 Å². The molecular weight excluding hydrogens is 356 g/mol. The van der Waals surface area contributed by atoms with Gasteiger partial charge in [-0.15, -0.1) is 0 Å². The highest BCUT2D eigenvalue weighted by molar-refractivity contribution is 7.97. The first-order valence-electron chi connectivity index (χ1n) is 7.85. The van der Waals surface area contributed by atoms with Gasteiger partial charge >= 0.3 is 5.97 Å². The maximum absolute atomic E-state index is 11.8. The molecule has 0 radical (unpaired) electrons. The van der Waals surface area contributed by atoms with Crippen LogP contribution >= 0.6 is 23.4 Å². The van der Waals surface area contributed by atoms with E-state index in [1.54, 1.807) is 11.8 Å². The molecule has 1 atom stereocenters. The molecule has 25 heavy (non-hydrogen) atoms. The molecule has 3 rings (SSSR count). The Bertz CT molecular complexity index is 950. The Labute approximate surface area is 155 Å². The Morgan fingerprint density at radius 3 is 2.72 bits per heavy atom. The number of H-pyrrole nitrogens is 1. The number of hydrogen-bond donors (Lipinski definition) is 3. The number of nitrogens with two attached hydrogens (primary N) is 1. The van der Waals surface area contributed by atoms with Crippen molar-refractivity contribution in [2.75, 3.05) is 6.26 Å². The van der Waals surface area contributed by atoms with Crippen LogP contribution in [0.2, 0.25) is 5.02 Å². The molecule has 0 aliphatic carbocycles. The lowest BCUT2D eigenvalue weighted by Crippen LogP contribution is -2.05. The van der Waals surface area contributed by atoms with Crippen molar-refractivity contribution in [2.24, 2.45) is 5.73 Å². The molecule has 0 fully saturated rings. The molecule has 6 heteroatoms. The minimum atomic E-state index is -1.01. The standard InChI is InChI=1S/C19H19ClN2O2S/c1-10(21)13-4-3-5-14-16(18(19(23)24)22-17(13)14)11-6-7-12(9-25-2)15(20)8-11/h3-8,10,22H,9,21H2,1-2H3,(H,23,24). The highest BCUT2D eigenvalue weighted by Gasteiger charge is 2.21. The van der Waals surface area contributed by atoms with Crippen LogP contribution in [-0.2, 0) is 5.75 Å². The summed E-state index contributed by atoms with van der Waals surface area (Å²) in [5.74, 6) is -0.195. The Hall–Kier alpha value is -1.95. The minimum absolute atomic E-state index is 0.150. The second-order valence-electron chi connectivity index (χ2n) is 5.98. The number of fused-ring (bicyclic) bond motifs is 1. The molecular formula is C19H19ClN2O2S. The van der Waals surface area contributed by atoms with Crippen LogP contribution in [0.25, 0.3) is 22.0 Å². The quantitative estimate of drug-likeness (QED) is 0.582. The molecule has 1 heterocycles. The summed E-state index contributed by atoms with van der Waals surface area (Å²) in [6, 6.07) is 11.2. The lowest BCUT2D eigenvalue weighted by molar-refractivity contribution is 0.0692. The Kier molecular flexibility index (Phi) is 5.08. The Morgan fingerprint density at radius 2 is 2.12 bits per heavy atom. The van der Waals surface area contributed by atoms with Crippen molar-refractivity contribution in [1.29, 1.82) is 0 Å². The summed E-state index contributed by atoms with van der Waals surface area (Å²) >= 11 is 8.09. The summed E-state index contributed by atoms with van der Waals surface area (Å²) in [5, 5.41) is 11.1. The van der Waals surface area contributed by atoms with E-state index in [4.69, 9.17) is 17.3 Å². The molecule has 0 saturated heterocycles. The maximum atomic E-state index is 11.8. The molecule has 2 aromatic carbocycles. The second kappa shape index (κ2) is 7.12. The van der Waals surface area contributed by atoms with Gasteiger partial charge in [0.15, 0.2) is 0 Å². The lowest BCUT2D eigenvalue weighted by Gasteiger charge is -2.08. The zero-order chi connectivity index (χ0) is 18.1. The molecule has 3 aromatic rings. The summed E-state index contributed by atoms with van der Waals surface area (Å²) in [5.41, 5.74) is 10.3. The van der Waals surface area contributed by atoms with E-state index < -0.39 is 5.97 Å². The van der Waals surface area contributed by atoms with Crippen LogP contribution in [-0.4, -0.2) is 22.3 Å². The number of benzene rings is 2. The third-order valence-corrected chi connectivity index (χ3v) is 5.16. The average Bonchev–Trinajstić information content (AvgIpc) is 2.96. The molecule has 1 aromatic heterocycles. The van der Waals surface area contributed by atoms with Crippen molar-refractivity contribution in [3.63, 3.8) is 0 Å². The van der Waals surface area contributed by atoms with Crippen molar-refractivity contribution in [3.05, 3.63) is 58.2 Å². The minimum Gasteiger partial charge on any atom is -0.477 e. The van der Waals surface area contributed by atoms with Crippen molar-refractivity contribution < 1.29 is 9.90 Å². The van der Waals surface area contributed by atoms with Gasteiger partial charge in [0.1, 0.15) is 5.69 Å². The van der Waals surface area contributed by atoms with Crippen molar-refractivity contribution in [3.8, 4) is 11.1 Å². The average molecular weight is 375 g/mol. The van der Waals surface area contributed by atoms with Crippen LogP contribution < -0.4 is 5.73 Å². The number of para-hydroxylation sites is 1. The van der Waals surface area contributed by atoms with E-state index in [0.29, 0.717) is 10.6 Å². The van der Waals surface area contributed by atoms with Gasteiger partial charge in [-0.2, -0.15) is 11.8 Å². The number of carboxylic acid groups (broad SMARTS) is 1. The van der Waals surface area contributed by atoms with Crippen LogP contribution in [0.5, 0.6) is 0 Å². The van der Waals surface area contributed by atoms with Gasteiger partial charge in [-0.3, -0.25) is 0 Å². The van der Waals surface area contributed by atoms with Gasteiger partial charge in [-0.25, -0.2) is 4.79 Å². The zero-order valence-corrected chi connectivity index (χ0v) is 15.5. The predicted octanol–water partition coefficient (Wildman–Crippen LogP) is 5.07. The van der Waals surface area contributed by atoms with Crippen LogP contribution in [0.15, 0.2) is 36.4 Å². The van der Waals surface area contributed by atoms with E-state index in [9.17, 15) is 9.90 Å². The number of thioether (sulfide) groups is 1. The first kappa shape index (κ1) is 17.9. The van der Waals surface area contributed by atoms with E-state index in [2.05, 4.69) is 4.98 Å². The van der Waals surface area contributed by atoms with Crippen molar-refractivity contribution in [2.45, 2.75) is 18.7 Å². The SMILES string of the molecule is CSCc1ccc(-c2c(C(=O)O)[nH]c3c(C(C)N)cccc23)cc1Cl. The molecule has 0 bridgehead atoms. The number of aromatic nitrogens is 1. The molecule has 1 unspecified atom stereocenters. The molecule has 130 valence electrons. The number of aromatic carboxylic acids is 1. The van der Waals surface area contributed by atoms with Gasteiger partial charge in [0.2, 0.25) is 0 Å². The summed E-state index contributed by atoms with van der Waals surface area (Å²) < 4.78 is 0. The van der Waals surface area contributed by atoms with Gasteiger partial charge in [-0.1, -0.05) is 41.9 Å². The van der Waals surface area contributed by atoms with Gasteiger partial charge in [0, 0.05) is 27.8 Å². The monoisotopic (exact) mass is 374 g/mol. The smallest absolute Gasteiger partial charge is 0.352 e. The summed E-state index contributed by atoms with van der Waals surface area (Å²) in [4.78, 5) is 14.8. The van der Waals surface area contributed by atoms with E-state index in [1.165, 1.54) is 0 Å². The van der Waals surface area contributed by atoms with Crippen molar-refractivity contribution in [1.82, 2.24) is 4.98 Å². The number of carbonyl (C=O) groups is 1. The van der Waals surface area contributed by atoms with Crippen molar-refractivity contribution >= 4 is 40.2 Å². The lowest BCUT2D eigenvalue weighted by atomic mass is 9.98. The Balaban J connectivity index is 2.28. The third-order valence-electron chi connectivity index (χ3n) is 4.21. The second-order valence-corrected chi connectivity index (χ2v) is 7.25. The third kappa shape index (κ3) is 3.27. The zero-order valence-electron chi connectivity index (χ0n) is 14.0. The number of nitrogens with one attached hydrogen (secondary N) is 1. The molecule has 0 saturated carbocycles. The highest BCUT2D eigenvalue weighted by atomic mass is 35.5. The number of aromatic amines is 1. The van der Waals surface area contributed by atoms with Crippen LogP contribution in [0.1, 0.15) is 34.6 Å². The van der Waals surface area contributed by atoms with Crippen LogP contribution in [0.4, 0.5) is 0 Å². The predicted molar refractivity (Wildman–Crippen MR) is 106 cm³/mol. The molecule has 0 spiro atoms. The Morgan fingerprint density at radius 1 is 1.36 bits per heavy atom. The number of carboxylic acids is 1. The molecule has 4 nitrogen and oxygen atoms in total. The van der Waals surface area contributed by atoms with Crippen LogP contribution in [0, 0.1) is 0 Å². The fourth-order valence-corrected chi connectivity index (χ4v) is 3.94. The van der Waals surface area contributed by atoms with Gasteiger partial charge in [0.05, 0.1) is 5.52 Å². The summed E-state index contributed by atoms with van der Waals surface area (Å²) in [6.45, 7) is 1.88. The molecule has 4 N–H and O–H groups in total. The fourth-order valence-electron chi connectivity index (χ4n) is 3.06. The molecule has 0 amide bonds. The van der Waals surface area contributed by atoms with E-state index in [1.807, 2.05) is 49.6 Å². The normalized spacial score (nSPS) is 12.5. The van der Waals surface area contributed by atoms with Gasteiger partial charge in [-0.05, 0) is 35.9 Å². The summed E-state index contributed by atoms with van der Waals surface area (Å²) in [6.07, 6.45) is 2.02.